The molecule has 0 atom stereocenters. The fraction of sp³-hybridized carbons (Fsp3) is 0.280. The van der Waals surface area contributed by atoms with E-state index >= 15 is 0 Å². The molecule has 2 aromatic carbocycles. The van der Waals surface area contributed by atoms with Gasteiger partial charge in [-0.2, -0.15) is 5.26 Å². The van der Waals surface area contributed by atoms with Gasteiger partial charge in [0, 0.05) is 17.8 Å². The van der Waals surface area contributed by atoms with E-state index in [4.69, 9.17) is 10.00 Å². The van der Waals surface area contributed by atoms with Crippen LogP contribution in [0.4, 0.5) is 11.5 Å². The summed E-state index contributed by atoms with van der Waals surface area (Å²) >= 11 is 0. The number of hydrogen-bond donors (Lipinski definition) is 1. The van der Waals surface area contributed by atoms with Gasteiger partial charge in [-0.25, -0.2) is 13.4 Å². The van der Waals surface area contributed by atoms with Crippen LogP contribution >= 0.6 is 0 Å². The van der Waals surface area contributed by atoms with Crippen molar-refractivity contribution in [2.75, 3.05) is 11.9 Å². The van der Waals surface area contributed by atoms with Gasteiger partial charge < -0.3 is 10.1 Å². The van der Waals surface area contributed by atoms with Gasteiger partial charge in [-0.3, -0.25) is 0 Å². The molecule has 0 unspecified atom stereocenters. The maximum Gasteiger partial charge on any atom is 0.210 e. The first-order valence-corrected chi connectivity index (χ1v) is 11.9. The van der Waals surface area contributed by atoms with E-state index in [1.54, 1.807) is 24.3 Å². The smallest absolute Gasteiger partial charge is 0.210 e. The highest BCUT2D eigenvalue weighted by Gasteiger charge is 2.23. The molecular formula is C25H27N3O3S. The van der Waals surface area contributed by atoms with E-state index in [0.29, 0.717) is 31.0 Å². The van der Waals surface area contributed by atoms with Crippen LogP contribution in [0.25, 0.3) is 0 Å². The highest BCUT2D eigenvalue weighted by molar-refractivity contribution is 7.91. The van der Waals surface area contributed by atoms with Crippen LogP contribution in [0.2, 0.25) is 0 Å². The van der Waals surface area contributed by atoms with Crippen molar-refractivity contribution in [3.8, 4) is 11.8 Å². The van der Waals surface area contributed by atoms with Crippen LogP contribution in [-0.4, -0.2) is 20.0 Å². The summed E-state index contributed by atoms with van der Waals surface area (Å²) in [6.07, 6.45) is 1.04. The summed E-state index contributed by atoms with van der Waals surface area (Å²) in [5, 5.41) is 11.9. The number of rotatable bonds is 8. The third kappa shape index (κ3) is 5.27. The molecule has 0 saturated carbocycles. The van der Waals surface area contributed by atoms with Gasteiger partial charge in [-0.1, -0.05) is 17.7 Å². The van der Waals surface area contributed by atoms with Gasteiger partial charge in [0.1, 0.15) is 16.5 Å². The lowest BCUT2D eigenvalue weighted by Gasteiger charge is -2.17. The van der Waals surface area contributed by atoms with Gasteiger partial charge in [0.2, 0.25) is 9.84 Å². The topological polar surface area (TPSA) is 92.1 Å². The molecule has 1 heterocycles. The van der Waals surface area contributed by atoms with Crippen molar-refractivity contribution in [3.05, 3.63) is 70.9 Å². The second kappa shape index (κ2) is 9.84. The van der Waals surface area contributed by atoms with E-state index < -0.39 is 9.84 Å². The first-order valence-electron chi connectivity index (χ1n) is 10.4. The Kier molecular flexibility index (Phi) is 7.16. The summed E-state index contributed by atoms with van der Waals surface area (Å²) in [5.41, 5.74) is 4.76. The molecule has 7 heteroatoms. The molecule has 0 fully saturated rings. The first kappa shape index (κ1) is 23.3. The van der Waals surface area contributed by atoms with Gasteiger partial charge in [0.25, 0.3) is 0 Å². The molecule has 0 bridgehead atoms. The summed E-state index contributed by atoms with van der Waals surface area (Å²) in [4.78, 5) is 4.78. The van der Waals surface area contributed by atoms with Crippen LogP contribution in [0.1, 0.15) is 35.2 Å². The molecule has 0 aliphatic heterocycles. The van der Waals surface area contributed by atoms with Gasteiger partial charge in [-0.05, 0) is 81.6 Å². The molecule has 0 aliphatic rings. The van der Waals surface area contributed by atoms with E-state index in [0.717, 1.165) is 28.1 Å². The zero-order chi connectivity index (χ0) is 23.3. The van der Waals surface area contributed by atoms with E-state index in [-0.39, 0.29) is 9.79 Å². The molecule has 3 aromatic rings. The monoisotopic (exact) mass is 449 g/mol. The number of aromatic nitrogens is 1. The lowest BCUT2D eigenvalue weighted by Crippen LogP contribution is -2.09. The van der Waals surface area contributed by atoms with Crippen molar-refractivity contribution in [2.24, 2.45) is 0 Å². The average Bonchev–Trinajstić information content (AvgIpc) is 2.74. The second-order valence-corrected chi connectivity index (χ2v) is 9.70. The van der Waals surface area contributed by atoms with Crippen LogP contribution in [0.15, 0.2) is 58.3 Å². The largest absolute Gasteiger partial charge is 0.494 e. The SMILES string of the molecule is Cc1cc(C)c(Nc2nc(C)ccc2S(=O)(=O)c2ccc(OCCCC#N)cc2)c(C)c1. The number of ether oxygens (including phenoxy) is 1. The lowest BCUT2D eigenvalue weighted by atomic mass is 10.1. The third-order valence-corrected chi connectivity index (χ3v) is 6.84. The van der Waals surface area contributed by atoms with E-state index in [9.17, 15) is 8.42 Å². The Balaban J connectivity index is 1.93. The fourth-order valence-corrected chi connectivity index (χ4v) is 4.88. The zero-order valence-electron chi connectivity index (χ0n) is 18.8. The van der Waals surface area contributed by atoms with Crippen LogP contribution in [-0.2, 0) is 9.84 Å². The van der Waals surface area contributed by atoms with Crippen molar-refractivity contribution in [1.82, 2.24) is 4.98 Å². The van der Waals surface area contributed by atoms with Gasteiger partial charge in [0.15, 0.2) is 0 Å². The minimum atomic E-state index is -3.81. The number of benzene rings is 2. The number of pyridine rings is 1. The fourth-order valence-electron chi connectivity index (χ4n) is 3.53. The van der Waals surface area contributed by atoms with Crippen LogP contribution in [0.5, 0.6) is 5.75 Å². The predicted molar refractivity (Wildman–Crippen MR) is 125 cm³/mol. The number of nitrogens with zero attached hydrogens (tertiary/aromatic N) is 2. The van der Waals surface area contributed by atoms with Gasteiger partial charge in [-0.15, -0.1) is 0 Å². The first-order chi connectivity index (χ1) is 15.2. The van der Waals surface area contributed by atoms with Crippen molar-refractivity contribution in [3.63, 3.8) is 0 Å². The number of nitrogens with one attached hydrogen (secondary N) is 1. The zero-order valence-corrected chi connectivity index (χ0v) is 19.6. The maximum absolute atomic E-state index is 13.4. The average molecular weight is 450 g/mol. The summed E-state index contributed by atoms with van der Waals surface area (Å²) in [5.74, 6) is 0.866. The van der Waals surface area contributed by atoms with Crippen molar-refractivity contribution < 1.29 is 13.2 Å². The van der Waals surface area contributed by atoms with Crippen molar-refractivity contribution in [2.45, 2.75) is 50.3 Å². The summed E-state index contributed by atoms with van der Waals surface area (Å²) in [7, 11) is -3.81. The second-order valence-electron chi connectivity index (χ2n) is 7.78. The Hall–Kier alpha value is -3.37. The summed E-state index contributed by atoms with van der Waals surface area (Å²) in [6, 6.07) is 15.8. The Morgan fingerprint density at radius 1 is 1.00 bits per heavy atom. The Labute approximate surface area is 189 Å². The minimum Gasteiger partial charge on any atom is -0.494 e. The maximum atomic E-state index is 13.4. The molecule has 0 radical (unpaired) electrons. The number of sulfone groups is 1. The summed E-state index contributed by atoms with van der Waals surface area (Å²) < 4.78 is 32.4. The van der Waals surface area contributed by atoms with Crippen molar-refractivity contribution in [1.29, 1.82) is 5.26 Å². The van der Waals surface area contributed by atoms with E-state index in [2.05, 4.69) is 28.5 Å². The van der Waals surface area contributed by atoms with E-state index in [1.807, 2.05) is 27.7 Å². The molecule has 0 aliphatic carbocycles. The molecule has 1 N–H and O–H groups in total. The molecule has 0 amide bonds. The van der Waals surface area contributed by atoms with Crippen LogP contribution in [0, 0.1) is 39.0 Å². The minimum absolute atomic E-state index is 0.116. The molecule has 0 spiro atoms. The lowest BCUT2D eigenvalue weighted by molar-refractivity contribution is 0.312. The number of anilines is 2. The molecule has 0 saturated heterocycles. The molecule has 1 aromatic heterocycles. The Morgan fingerprint density at radius 2 is 1.66 bits per heavy atom. The molecule has 3 rings (SSSR count). The molecular weight excluding hydrogens is 422 g/mol. The van der Waals surface area contributed by atoms with Gasteiger partial charge >= 0.3 is 0 Å². The molecule has 32 heavy (non-hydrogen) atoms. The van der Waals surface area contributed by atoms with Gasteiger partial charge in [0.05, 0.1) is 17.6 Å². The number of nitriles is 1. The Bertz CT molecular complexity index is 1240. The number of hydrogen-bond acceptors (Lipinski definition) is 6. The standard InChI is InChI=1S/C25H27N3O3S/c1-17-15-18(2)24(19(3)16-17)28-25-23(12-7-20(4)27-25)32(29,30)22-10-8-21(9-11-22)31-14-6-5-13-26/h7-12,15-16H,5-6,14H2,1-4H3,(H,27,28). The molecule has 166 valence electrons. The van der Waals surface area contributed by atoms with Crippen LogP contribution < -0.4 is 10.1 Å². The highest BCUT2D eigenvalue weighted by atomic mass is 32.2. The predicted octanol–water partition coefficient (Wildman–Crippen LogP) is 5.57. The van der Waals surface area contributed by atoms with E-state index in [1.165, 1.54) is 12.1 Å². The van der Waals surface area contributed by atoms with Crippen molar-refractivity contribution >= 4 is 21.3 Å². The molecule has 6 nitrogen and oxygen atoms in total. The Morgan fingerprint density at radius 3 is 2.28 bits per heavy atom. The highest BCUT2D eigenvalue weighted by Crippen LogP contribution is 2.32. The normalized spacial score (nSPS) is 11.1. The number of unbranched alkanes of at least 4 members (excludes halogenated alkanes) is 1. The van der Waals surface area contributed by atoms with Crippen LogP contribution in [0.3, 0.4) is 0 Å². The quantitative estimate of drug-likeness (QED) is 0.452. The summed E-state index contributed by atoms with van der Waals surface area (Å²) in [6.45, 7) is 8.24. The third-order valence-electron chi connectivity index (χ3n) is 5.04. The number of aryl methyl sites for hydroxylation is 4.